The number of nitrogens with one attached hydrogen (secondary N) is 1. The number of ether oxygens (including phenoxy) is 1. The van der Waals surface area contributed by atoms with E-state index in [-0.39, 0.29) is 11.4 Å². The van der Waals surface area contributed by atoms with Crippen LogP contribution in [0.3, 0.4) is 0 Å². The average molecular weight is 324 g/mol. The summed E-state index contributed by atoms with van der Waals surface area (Å²) in [4.78, 5) is 12.6. The summed E-state index contributed by atoms with van der Waals surface area (Å²) in [6.07, 6.45) is 4.60. The van der Waals surface area contributed by atoms with Crippen molar-refractivity contribution in [1.82, 2.24) is 5.32 Å². The third-order valence-corrected chi connectivity index (χ3v) is 4.82. The molecular weight excluding hydrogens is 300 g/mol. The van der Waals surface area contributed by atoms with Gasteiger partial charge in [-0.05, 0) is 48.2 Å². The quantitative estimate of drug-likeness (QED) is 0.829. The molecule has 24 heavy (non-hydrogen) atoms. The van der Waals surface area contributed by atoms with Crippen LogP contribution in [0.15, 0.2) is 48.5 Å². The molecule has 0 saturated heterocycles. The standard InChI is InChI=1S/C20H24N2O2/c1-24-18-10-6-16(7-11-18)20(12-2-3-13-20)22-19(23)14-15-4-8-17(21)9-5-15/h4-11H,2-3,12-14,21H2,1H3,(H,22,23). The first-order valence-corrected chi connectivity index (χ1v) is 8.41. The molecule has 1 aliphatic rings. The first kappa shape index (κ1) is 16.4. The van der Waals surface area contributed by atoms with Crippen molar-refractivity contribution in [2.45, 2.75) is 37.6 Å². The van der Waals surface area contributed by atoms with Crippen LogP contribution in [0.4, 0.5) is 5.69 Å². The first-order chi connectivity index (χ1) is 11.6. The number of carbonyl (C=O) groups excluding carboxylic acids is 1. The Bertz CT molecular complexity index is 687. The minimum atomic E-state index is -0.253. The van der Waals surface area contributed by atoms with Crippen molar-refractivity contribution in [3.63, 3.8) is 0 Å². The Morgan fingerprint density at radius 1 is 1.08 bits per heavy atom. The molecular formula is C20H24N2O2. The average Bonchev–Trinajstić information content (AvgIpc) is 3.06. The van der Waals surface area contributed by atoms with Crippen LogP contribution in [0.2, 0.25) is 0 Å². The normalized spacial score (nSPS) is 15.9. The fourth-order valence-corrected chi connectivity index (χ4v) is 3.51. The third kappa shape index (κ3) is 3.53. The predicted molar refractivity (Wildman–Crippen MR) is 95.8 cm³/mol. The maximum atomic E-state index is 12.6. The Hall–Kier alpha value is -2.49. The van der Waals surface area contributed by atoms with Crippen molar-refractivity contribution in [3.8, 4) is 5.75 Å². The first-order valence-electron chi connectivity index (χ1n) is 8.41. The minimum Gasteiger partial charge on any atom is -0.497 e. The van der Waals surface area contributed by atoms with Crippen molar-refractivity contribution < 1.29 is 9.53 Å². The van der Waals surface area contributed by atoms with Gasteiger partial charge in [-0.1, -0.05) is 37.1 Å². The van der Waals surface area contributed by atoms with Gasteiger partial charge in [-0.15, -0.1) is 0 Å². The van der Waals surface area contributed by atoms with Gasteiger partial charge in [0.05, 0.1) is 19.1 Å². The summed E-state index contributed by atoms with van der Waals surface area (Å²) in [6, 6.07) is 15.5. The van der Waals surface area contributed by atoms with E-state index >= 15 is 0 Å². The molecule has 3 N–H and O–H groups in total. The number of hydrogen-bond acceptors (Lipinski definition) is 3. The molecule has 0 heterocycles. The largest absolute Gasteiger partial charge is 0.497 e. The lowest BCUT2D eigenvalue weighted by atomic mass is 9.87. The van der Waals surface area contributed by atoms with Gasteiger partial charge in [0.25, 0.3) is 0 Å². The molecule has 2 aromatic carbocycles. The summed E-state index contributed by atoms with van der Waals surface area (Å²) >= 11 is 0. The highest BCUT2D eigenvalue weighted by molar-refractivity contribution is 5.79. The van der Waals surface area contributed by atoms with Crippen LogP contribution in [0, 0.1) is 0 Å². The molecule has 0 radical (unpaired) electrons. The molecule has 1 aliphatic carbocycles. The monoisotopic (exact) mass is 324 g/mol. The Kier molecular flexibility index (Phi) is 4.74. The summed E-state index contributed by atoms with van der Waals surface area (Å²) in [6.45, 7) is 0. The number of carbonyl (C=O) groups is 1. The zero-order valence-electron chi connectivity index (χ0n) is 14.0. The molecule has 4 nitrogen and oxygen atoms in total. The molecule has 0 unspecified atom stereocenters. The number of methoxy groups -OCH3 is 1. The number of nitrogens with two attached hydrogens (primary N) is 1. The van der Waals surface area contributed by atoms with Crippen molar-refractivity contribution in [2.24, 2.45) is 0 Å². The van der Waals surface area contributed by atoms with E-state index in [1.54, 1.807) is 7.11 Å². The predicted octanol–water partition coefficient (Wildman–Crippen LogP) is 3.41. The number of nitrogen functional groups attached to an aromatic ring is 1. The second kappa shape index (κ2) is 6.95. The topological polar surface area (TPSA) is 64.3 Å². The van der Waals surface area contributed by atoms with Gasteiger partial charge in [0.15, 0.2) is 0 Å². The fourth-order valence-electron chi connectivity index (χ4n) is 3.51. The summed E-state index contributed by atoms with van der Waals surface area (Å²) < 4.78 is 5.24. The van der Waals surface area contributed by atoms with Crippen LogP contribution in [-0.4, -0.2) is 13.0 Å². The van der Waals surface area contributed by atoms with Crippen LogP contribution < -0.4 is 15.8 Å². The van der Waals surface area contributed by atoms with E-state index in [1.807, 2.05) is 36.4 Å². The minimum absolute atomic E-state index is 0.0532. The number of benzene rings is 2. The third-order valence-electron chi connectivity index (χ3n) is 4.82. The highest BCUT2D eigenvalue weighted by atomic mass is 16.5. The van der Waals surface area contributed by atoms with E-state index < -0.39 is 0 Å². The SMILES string of the molecule is COc1ccc(C2(NC(=O)Cc3ccc(N)cc3)CCCC2)cc1. The van der Waals surface area contributed by atoms with Crippen molar-refractivity contribution in [1.29, 1.82) is 0 Å². The molecule has 0 aromatic heterocycles. The summed E-state index contributed by atoms with van der Waals surface area (Å²) in [5.41, 5.74) is 8.29. The molecule has 0 aliphatic heterocycles. The van der Waals surface area contributed by atoms with Crippen LogP contribution >= 0.6 is 0 Å². The van der Waals surface area contributed by atoms with E-state index in [9.17, 15) is 4.79 Å². The Morgan fingerprint density at radius 2 is 1.71 bits per heavy atom. The lowest BCUT2D eigenvalue weighted by Gasteiger charge is -2.31. The van der Waals surface area contributed by atoms with E-state index in [0.29, 0.717) is 12.1 Å². The number of amides is 1. The number of anilines is 1. The molecule has 126 valence electrons. The Morgan fingerprint density at radius 3 is 2.29 bits per heavy atom. The summed E-state index contributed by atoms with van der Waals surface area (Å²) in [7, 11) is 1.66. The van der Waals surface area contributed by atoms with Crippen molar-refractivity contribution in [2.75, 3.05) is 12.8 Å². The molecule has 2 aromatic rings. The van der Waals surface area contributed by atoms with E-state index in [2.05, 4.69) is 17.4 Å². The van der Waals surface area contributed by atoms with E-state index in [4.69, 9.17) is 10.5 Å². The molecule has 0 spiro atoms. The smallest absolute Gasteiger partial charge is 0.225 e. The van der Waals surface area contributed by atoms with Crippen molar-refractivity contribution >= 4 is 11.6 Å². The maximum Gasteiger partial charge on any atom is 0.225 e. The van der Waals surface area contributed by atoms with Crippen LogP contribution in [0.25, 0.3) is 0 Å². The van der Waals surface area contributed by atoms with E-state index in [1.165, 1.54) is 0 Å². The van der Waals surface area contributed by atoms with Gasteiger partial charge >= 0.3 is 0 Å². The zero-order chi connectivity index (χ0) is 17.0. The van der Waals surface area contributed by atoms with Gasteiger partial charge in [0.2, 0.25) is 5.91 Å². The number of hydrogen-bond donors (Lipinski definition) is 2. The zero-order valence-corrected chi connectivity index (χ0v) is 14.0. The summed E-state index contributed by atoms with van der Waals surface area (Å²) in [5.74, 6) is 0.887. The van der Waals surface area contributed by atoms with Gasteiger partial charge in [-0.2, -0.15) is 0 Å². The van der Waals surface area contributed by atoms with Crippen molar-refractivity contribution in [3.05, 3.63) is 59.7 Å². The van der Waals surface area contributed by atoms with Crippen LogP contribution in [0.1, 0.15) is 36.8 Å². The van der Waals surface area contributed by atoms with Gasteiger partial charge in [0, 0.05) is 5.69 Å². The molecule has 0 bridgehead atoms. The molecule has 1 fully saturated rings. The Balaban J connectivity index is 1.75. The van der Waals surface area contributed by atoms with Crippen LogP contribution in [0.5, 0.6) is 5.75 Å². The molecule has 4 heteroatoms. The second-order valence-electron chi connectivity index (χ2n) is 6.48. The molecule has 1 amide bonds. The molecule has 0 atom stereocenters. The maximum absolute atomic E-state index is 12.6. The molecule has 1 saturated carbocycles. The van der Waals surface area contributed by atoms with Crippen LogP contribution in [-0.2, 0) is 16.8 Å². The fraction of sp³-hybridized carbons (Fsp3) is 0.350. The van der Waals surface area contributed by atoms with Gasteiger partial charge in [0.1, 0.15) is 5.75 Å². The lowest BCUT2D eigenvalue weighted by Crippen LogP contribution is -2.44. The van der Waals surface area contributed by atoms with Gasteiger partial charge in [-0.25, -0.2) is 0 Å². The number of rotatable bonds is 5. The molecule has 3 rings (SSSR count). The lowest BCUT2D eigenvalue weighted by molar-refractivity contribution is -0.122. The van der Waals surface area contributed by atoms with Gasteiger partial charge < -0.3 is 15.8 Å². The van der Waals surface area contributed by atoms with Gasteiger partial charge in [-0.3, -0.25) is 4.79 Å². The second-order valence-corrected chi connectivity index (χ2v) is 6.48. The Labute approximate surface area is 143 Å². The summed E-state index contributed by atoms with van der Waals surface area (Å²) in [5, 5.41) is 3.30. The van der Waals surface area contributed by atoms with E-state index in [0.717, 1.165) is 42.6 Å². The highest BCUT2D eigenvalue weighted by Gasteiger charge is 2.36. The highest BCUT2D eigenvalue weighted by Crippen LogP contribution is 2.39.